The Morgan fingerprint density at radius 3 is 2.33 bits per heavy atom. The quantitative estimate of drug-likeness (QED) is 0.652. The van der Waals surface area contributed by atoms with Crippen molar-refractivity contribution in [1.29, 1.82) is 5.41 Å². The molecule has 1 aromatic carbocycles. The van der Waals surface area contributed by atoms with E-state index in [1.807, 2.05) is 37.0 Å². The molecule has 0 aliphatic rings. The van der Waals surface area contributed by atoms with Crippen molar-refractivity contribution in [3.63, 3.8) is 0 Å². The molecule has 0 spiro atoms. The van der Waals surface area contributed by atoms with Gasteiger partial charge >= 0.3 is 0 Å². The Labute approximate surface area is 96.7 Å². The third-order valence-electron chi connectivity index (χ3n) is 1.91. The van der Waals surface area contributed by atoms with Gasteiger partial charge in [0.1, 0.15) is 5.45 Å². The molecule has 0 bridgehead atoms. The third kappa shape index (κ3) is 3.34. The summed E-state index contributed by atoms with van der Waals surface area (Å²) in [5.74, 6) is -0.221. The number of benzene rings is 1. The van der Waals surface area contributed by atoms with Crippen LogP contribution in [-0.4, -0.2) is 17.9 Å². The molecular formula is C10H12ClNOP2. The van der Waals surface area contributed by atoms with E-state index in [0.717, 1.165) is 5.30 Å². The van der Waals surface area contributed by atoms with Crippen LogP contribution in [0.15, 0.2) is 30.3 Å². The van der Waals surface area contributed by atoms with Crippen LogP contribution in [0.4, 0.5) is 0 Å². The molecule has 0 fully saturated rings. The highest BCUT2D eigenvalue weighted by Crippen LogP contribution is 2.69. The van der Waals surface area contributed by atoms with Gasteiger partial charge in [0.25, 0.3) is 0 Å². The van der Waals surface area contributed by atoms with Gasteiger partial charge in [0.2, 0.25) is 0 Å². The number of halogens is 1. The van der Waals surface area contributed by atoms with Gasteiger partial charge in [-0.1, -0.05) is 41.6 Å². The van der Waals surface area contributed by atoms with E-state index >= 15 is 0 Å². The van der Waals surface area contributed by atoms with E-state index in [0.29, 0.717) is 0 Å². The van der Waals surface area contributed by atoms with Crippen molar-refractivity contribution in [2.75, 3.05) is 6.66 Å². The van der Waals surface area contributed by atoms with Gasteiger partial charge in [-0.3, -0.25) is 10.2 Å². The summed E-state index contributed by atoms with van der Waals surface area (Å²) in [5, 5.41) is 8.73. The van der Waals surface area contributed by atoms with Gasteiger partial charge in [-0.25, -0.2) is 0 Å². The standard InChI is InChI=1S/C10H12ClNOP2/c1-8(13)10(12)15(11)14(2)9-6-4-3-5-7-9/h3-7,12H,1-2H3. The minimum atomic E-state index is -1.15. The number of carbonyl (C=O) groups is 1. The molecular weight excluding hydrogens is 248 g/mol. The Kier molecular flexibility index (Phi) is 4.86. The van der Waals surface area contributed by atoms with Gasteiger partial charge in [0.15, 0.2) is 5.78 Å². The smallest absolute Gasteiger partial charge is 0.179 e. The largest absolute Gasteiger partial charge is 0.295 e. The Balaban J connectivity index is 2.82. The highest BCUT2D eigenvalue weighted by Gasteiger charge is 2.23. The van der Waals surface area contributed by atoms with Crippen LogP contribution >= 0.6 is 25.8 Å². The third-order valence-corrected chi connectivity index (χ3v) is 9.59. The maximum Gasteiger partial charge on any atom is 0.179 e. The fourth-order valence-corrected chi connectivity index (χ4v) is 5.86. The summed E-state index contributed by atoms with van der Waals surface area (Å²) in [6.07, 6.45) is 0. The Morgan fingerprint density at radius 1 is 1.33 bits per heavy atom. The summed E-state index contributed by atoms with van der Waals surface area (Å²) in [5.41, 5.74) is 0.0733. The molecule has 0 saturated carbocycles. The van der Waals surface area contributed by atoms with E-state index in [9.17, 15) is 4.79 Å². The summed E-state index contributed by atoms with van der Waals surface area (Å²) < 4.78 is 0. The van der Waals surface area contributed by atoms with Gasteiger partial charge in [-0.05, 0) is 19.6 Å². The molecule has 0 radical (unpaired) electrons. The lowest BCUT2D eigenvalue weighted by atomic mass is 10.4. The first-order chi connectivity index (χ1) is 7.04. The SMILES string of the molecule is CC(=O)C(=N)P(Cl)P(C)c1ccccc1. The predicted molar refractivity (Wildman–Crippen MR) is 70.1 cm³/mol. The maximum atomic E-state index is 11.0. The average molecular weight is 260 g/mol. The highest BCUT2D eigenvalue weighted by molar-refractivity contribution is 8.49. The molecule has 2 unspecified atom stereocenters. The minimum absolute atomic E-state index is 0.0733. The van der Waals surface area contributed by atoms with Gasteiger partial charge in [-0.2, -0.15) is 0 Å². The molecule has 0 aliphatic carbocycles. The molecule has 1 N–H and O–H groups in total. The molecule has 2 nitrogen and oxygen atoms in total. The molecule has 0 heterocycles. The van der Waals surface area contributed by atoms with Crippen molar-refractivity contribution in [1.82, 2.24) is 0 Å². The van der Waals surface area contributed by atoms with Crippen LogP contribution in [0.3, 0.4) is 0 Å². The summed E-state index contributed by atoms with van der Waals surface area (Å²) in [6, 6.07) is 9.84. The van der Waals surface area contributed by atoms with Crippen LogP contribution in [0.25, 0.3) is 0 Å². The van der Waals surface area contributed by atoms with Crippen molar-refractivity contribution < 1.29 is 4.79 Å². The van der Waals surface area contributed by atoms with Gasteiger partial charge < -0.3 is 0 Å². The fraction of sp³-hybridized carbons (Fsp3) is 0.200. The summed E-state index contributed by atoms with van der Waals surface area (Å²) in [4.78, 5) is 11.0. The summed E-state index contributed by atoms with van der Waals surface area (Å²) in [7, 11) is -0.624. The molecule has 2 atom stereocenters. The van der Waals surface area contributed by atoms with Crippen LogP contribution in [0.1, 0.15) is 6.92 Å². The number of Topliss-reactive ketones (excluding diaryl/α,β-unsaturated/α-hetero) is 1. The Hall–Kier alpha value is -0.290. The first-order valence-corrected chi connectivity index (χ1v) is 9.12. The maximum absolute atomic E-state index is 11.0. The average Bonchev–Trinajstić information content (AvgIpc) is 2.27. The van der Waals surface area contributed by atoms with E-state index < -0.39 is 14.6 Å². The minimum Gasteiger partial charge on any atom is -0.295 e. The van der Waals surface area contributed by atoms with E-state index in [1.165, 1.54) is 6.92 Å². The number of nitrogens with one attached hydrogen (secondary N) is 1. The Bertz CT molecular complexity index is 369. The molecule has 0 saturated heterocycles. The lowest BCUT2D eigenvalue weighted by Gasteiger charge is -2.17. The molecule has 0 amide bonds. The van der Waals surface area contributed by atoms with E-state index in [-0.39, 0.29) is 11.2 Å². The number of hydrogen-bond acceptors (Lipinski definition) is 2. The van der Waals surface area contributed by atoms with Gasteiger partial charge in [-0.15, -0.1) is 0 Å². The van der Waals surface area contributed by atoms with Crippen LogP contribution < -0.4 is 5.30 Å². The normalized spacial score (nSPS) is 14.3. The monoisotopic (exact) mass is 259 g/mol. The van der Waals surface area contributed by atoms with Crippen LogP contribution in [0, 0.1) is 5.41 Å². The van der Waals surface area contributed by atoms with Crippen molar-refractivity contribution in [2.24, 2.45) is 0 Å². The first-order valence-electron chi connectivity index (χ1n) is 4.38. The summed E-state index contributed by atoms with van der Waals surface area (Å²) >= 11 is 6.16. The Morgan fingerprint density at radius 2 is 1.87 bits per heavy atom. The second kappa shape index (κ2) is 5.70. The first kappa shape index (κ1) is 12.8. The lowest BCUT2D eigenvalue weighted by molar-refractivity contribution is -0.110. The number of carbonyl (C=O) groups excluding carboxylic acids is 1. The van der Waals surface area contributed by atoms with Crippen LogP contribution in [0.5, 0.6) is 0 Å². The molecule has 0 aromatic heterocycles. The molecule has 0 aliphatic heterocycles. The van der Waals surface area contributed by atoms with E-state index in [2.05, 4.69) is 0 Å². The van der Waals surface area contributed by atoms with Crippen LogP contribution in [0.2, 0.25) is 0 Å². The fourth-order valence-electron chi connectivity index (χ4n) is 1.03. The zero-order chi connectivity index (χ0) is 11.4. The van der Waals surface area contributed by atoms with Gasteiger partial charge in [0, 0.05) is 6.92 Å². The van der Waals surface area contributed by atoms with Crippen molar-refractivity contribution in [2.45, 2.75) is 6.92 Å². The van der Waals surface area contributed by atoms with Crippen LogP contribution in [-0.2, 0) is 4.79 Å². The lowest BCUT2D eigenvalue weighted by Crippen LogP contribution is -2.06. The van der Waals surface area contributed by atoms with E-state index in [4.69, 9.17) is 16.7 Å². The zero-order valence-electron chi connectivity index (χ0n) is 8.57. The van der Waals surface area contributed by atoms with Crippen molar-refractivity contribution >= 4 is 42.4 Å². The van der Waals surface area contributed by atoms with Crippen molar-refractivity contribution in [3.8, 4) is 0 Å². The topological polar surface area (TPSA) is 40.9 Å². The number of hydrogen-bond donors (Lipinski definition) is 1. The zero-order valence-corrected chi connectivity index (χ0v) is 11.1. The van der Waals surface area contributed by atoms with Crippen molar-refractivity contribution in [3.05, 3.63) is 30.3 Å². The molecule has 5 heteroatoms. The highest BCUT2D eigenvalue weighted by atomic mass is 35.7. The molecule has 1 rings (SSSR count). The number of ketones is 1. The summed E-state index contributed by atoms with van der Waals surface area (Å²) in [6.45, 7) is 2.26. The molecule has 15 heavy (non-hydrogen) atoms. The molecule has 80 valence electrons. The molecule has 1 aromatic rings. The van der Waals surface area contributed by atoms with Gasteiger partial charge in [0.05, 0.1) is 6.96 Å². The number of rotatable bonds is 4. The second-order valence-corrected chi connectivity index (χ2v) is 10.3. The van der Waals surface area contributed by atoms with E-state index in [1.54, 1.807) is 0 Å². The predicted octanol–water partition coefficient (Wildman–Crippen LogP) is 3.54. The second-order valence-electron chi connectivity index (χ2n) is 3.02.